The summed E-state index contributed by atoms with van der Waals surface area (Å²) in [6.45, 7) is 11.7. The molecule has 0 fully saturated rings. The van der Waals surface area contributed by atoms with Gasteiger partial charge < -0.3 is 14.6 Å². The summed E-state index contributed by atoms with van der Waals surface area (Å²) >= 11 is 0. The van der Waals surface area contributed by atoms with Gasteiger partial charge in [0.05, 0.1) is 0 Å². The van der Waals surface area contributed by atoms with Gasteiger partial charge in [-0.3, -0.25) is 0 Å². The molecule has 74 valence electrons. The Morgan fingerprint density at radius 3 is 1.92 bits per heavy atom. The first-order valence-corrected chi connectivity index (χ1v) is 7.11. The van der Waals surface area contributed by atoms with Crippen LogP contribution in [0.15, 0.2) is 0 Å². The minimum absolute atomic E-state index is 0.203. The molecule has 0 saturated carbocycles. The van der Waals surface area contributed by atoms with E-state index >= 15 is 0 Å². The molecule has 0 aromatic heterocycles. The largest absolute Gasteiger partial charge is 0.392 e. The Labute approximate surface area is 76.5 Å². The van der Waals surface area contributed by atoms with Crippen LogP contribution in [0.5, 0.6) is 0 Å². The maximum absolute atomic E-state index is 5.73. The molecule has 2 N–H and O–H groups in total. The van der Waals surface area contributed by atoms with Gasteiger partial charge in [-0.05, 0) is 40.8 Å². The highest BCUT2D eigenvalue weighted by molar-refractivity contribution is 6.64. The first-order chi connectivity index (χ1) is 5.12. The molecule has 12 heavy (non-hydrogen) atoms. The van der Waals surface area contributed by atoms with Crippen LogP contribution < -0.4 is 5.73 Å². The molecule has 0 aromatic carbocycles. The molecule has 0 aliphatic heterocycles. The minimum atomic E-state index is -2.03. The van der Waals surface area contributed by atoms with E-state index in [1.54, 1.807) is 0 Å². The lowest BCUT2D eigenvalue weighted by molar-refractivity contribution is 0.0472. The predicted molar refractivity (Wildman–Crippen MR) is 53.1 cm³/mol. The molecular formula is C8H21NO2Si. The van der Waals surface area contributed by atoms with Crippen molar-refractivity contribution < 1.29 is 8.85 Å². The van der Waals surface area contributed by atoms with Crippen LogP contribution in [-0.4, -0.2) is 20.4 Å². The van der Waals surface area contributed by atoms with E-state index in [-0.39, 0.29) is 6.10 Å². The molecule has 0 radical (unpaired) electrons. The molecule has 0 bridgehead atoms. The Balaban J connectivity index is 4.04. The number of rotatable bonds is 4. The number of hydrogen-bond donors (Lipinski definition) is 1. The van der Waals surface area contributed by atoms with Crippen LogP contribution in [0.1, 0.15) is 27.7 Å². The lowest BCUT2D eigenvalue weighted by Gasteiger charge is -2.32. The third-order valence-corrected chi connectivity index (χ3v) is 3.09. The highest BCUT2D eigenvalue weighted by atomic mass is 28.4. The van der Waals surface area contributed by atoms with E-state index in [9.17, 15) is 0 Å². The van der Waals surface area contributed by atoms with Gasteiger partial charge in [0.25, 0.3) is 0 Å². The van der Waals surface area contributed by atoms with Crippen molar-refractivity contribution in [3.8, 4) is 0 Å². The van der Waals surface area contributed by atoms with Crippen molar-refractivity contribution in [2.45, 2.75) is 52.6 Å². The van der Waals surface area contributed by atoms with E-state index < -0.39 is 14.3 Å². The van der Waals surface area contributed by atoms with Crippen molar-refractivity contribution in [3.63, 3.8) is 0 Å². The second kappa shape index (κ2) is 3.87. The highest BCUT2D eigenvalue weighted by Crippen LogP contribution is 2.15. The van der Waals surface area contributed by atoms with E-state index in [1.807, 2.05) is 40.8 Å². The van der Waals surface area contributed by atoms with Gasteiger partial charge in [-0.1, -0.05) is 0 Å². The fourth-order valence-corrected chi connectivity index (χ4v) is 3.68. The summed E-state index contributed by atoms with van der Waals surface area (Å²) in [4.78, 5) is 0. The van der Waals surface area contributed by atoms with Crippen LogP contribution >= 0.6 is 0 Å². The number of hydrogen-bond acceptors (Lipinski definition) is 3. The van der Waals surface area contributed by atoms with Gasteiger partial charge in [0, 0.05) is 6.10 Å². The van der Waals surface area contributed by atoms with Crippen molar-refractivity contribution in [2.75, 3.05) is 0 Å². The molecule has 0 spiro atoms. The van der Waals surface area contributed by atoms with Crippen molar-refractivity contribution in [1.82, 2.24) is 0 Å². The summed E-state index contributed by atoms with van der Waals surface area (Å²) in [6.07, 6.45) is 0.203. The Morgan fingerprint density at radius 2 is 1.67 bits per heavy atom. The van der Waals surface area contributed by atoms with Crippen LogP contribution in [0.2, 0.25) is 13.1 Å². The quantitative estimate of drug-likeness (QED) is 0.544. The van der Waals surface area contributed by atoms with E-state index in [0.29, 0.717) is 0 Å². The Bertz CT molecular complexity index is 140. The van der Waals surface area contributed by atoms with E-state index in [2.05, 4.69) is 0 Å². The molecule has 0 aliphatic rings. The van der Waals surface area contributed by atoms with Gasteiger partial charge >= 0.3 is 8.56 Å². The van der Waals surface area contributed by atoms with Crippen molar-refractivity contribution >= 4 is 8.56 Å². The molecule has 0 heterocycles. The first-order valence-electron chi connectivity index (χ1n) is 4.29. The monoisotopic (exact) mass is 191 g/mol. The highest BCUT2D eigenvalue weighted by Gasteiger charge is 2.31. The standard InChI is InChI=1S/C8H21NO2Si/c1-7(2)10-12(5,6)11-8(3,4)9/h7H,9H2,1-6H3. The van der Waals surface area contributed by atoms with E-state index in [0.717, 1.165) is 0 Å². The Hall–Kier alpha value is 0.0969. The second-order valence-corrected chi connectivity index (χ2v) is 7.51. The Morgan fingerprint density at radius 1 is 1.25 bits per heavy atom. The van der Waals surface area contributed by atoms with Crippen LogP contribution in [0, 0.1) is 0 Å². The normalized spacial score (nSPS) is 14.0. The van der Waals surface area contributed by atoms with Crippen molar-refractivity contribution in [1.29, 1.82) is 0 Å². The number of nitrogens with two attached hydrogens (primary N) is 1. The predicted octanol–water partition coefficient (Wildman–Crippen LogP) is 1.82. The SMILES string of the molecule is CC(C)O[Si](C)(C)OC(C)(C)N. The molecule has 0 rings (SSSR count). The van der Waals surface area contributed by atoms with Crippen molar-refractivity contribution in [2.24, 2.45) is 5.73 Å². The molecule has 0 aliphatic carbocycles. The van der Waals surface area contributed by atoms with Crippen LogP contribution in [0.4, 0.5) is 0 Å². The van der Waals surface area contributed by atoms with Gasteiger partial charge in [0.2, 0.25) is 0 Å². The molecule has 4 heteroatoms. The van der Waals surface area contributed by atoms with Gasteiger partial charge in [0.1, 0.15) is 5.72 Å². The van der Waals surface area contributed by atoms with Crippen LogP contribution in [0.3, 0.4) is 0 Å². The fraction of sp³-hybridized carbons (Fsp3) is 1.00. The maximum Gasteiger partial charge on any atom is 0.333 e. The lowest BCUT2D eigenvalue weighted by atomic mass is 10.4. The zero-order valence-corrected chi connectivity index (χ0v) is 9.97. The third-order valence-electron chi connectivity index (χ3n) is 1.03. The van der Waals surface area contributed by atoms with Crippen molar-refractivity contribution in [3.05, 3.63) is 0 Å². The summed E-state index contributed by atoms with van der Waals surface area (Å²) in [5.41, 5.74) is 5.14. The summed E-state index contributed by atoms with van der Waals surface area (Å²) in [5, 5.41) is 0. The van der Waals surface area contributed by atoms with Gasteiger partial charge in [-0.2, -0.15) is 0 Å². The summed E-state index contributed by atoms with van der Waals surface area (Å²) in [7, 11) is -2.03. The molecule has 0 amide bonds. The molecule has 3 nitrogen and oxygen atoms in total. The zero-order chi connectivity index (χ0) is 9.99. The molecule has 0 aromatic rings. The summed E-state index contributed by atoms with van der Waals surface area (Å²) < 4.78 is 11.3. The minimum Gasteiger partial charge on any atom is -0.392 e. The summed E-state index contributed by atoms with van der Waals surface area (Å²) in [5.74, 6) is 0. The van der Waals surface area contributed by atoms with Gasteiger partial charge in [-0.15, -0.1) is 0 Å². The maximum atomic E-state index is 5.73. The topological polar surface area (TPSA) is 44.5 Å². The molecule has 0 atom stereocenters. The molecule has 0 saturated heterocycles. The van der Waals surface area contributed by atoms with Gasteiger partial charge in [0.15, 0.2) is 0 Å². The smallest absolute Gasteiger partial charge is 0.333 e. The van der Waals surface area contributed by atoms with Crippen LogP contribution in [-0.2, 0) is 8.85 Å². The second-order valence-electron chi connectivity index (χ2n) is 4.27. The van der Waals surface area contributed by atoms with E-state index in [4.69, 9.17) is 14.6 Å². The van der Waals surface area contributed by atoms with Crippen LogP contribution in [0.25, 0.3) is 0 Å². The summed E-state index contributed by atoms with van der Waals surface area (Å²) in [6, 6.07) is 0. The average Bonchev–Trinajstić information content (AvgIpc) is 1.48. The van der Waals surface area contributed by atoms with Gasteiger partial charge in [-0.25, -0.2) is 0 Å². The average molecular weight is 191 g/mol. The van der Waals surface area contributed by atoms with E-state index in [1.165, 1.54) is 0 Å². The first kappa shape index (κ1) is 12.1. The third kappa shape index (κ3) is 6.79. The molecule has 0 unspecified atom stereocenters. The zero-order valence-electron chi connectivity index (χ0n) is 8.97. The molecular weight excluding hydrogens is 170 g/mol. The lowest BCUT2D eigenvalue weighted by Crippen LogP contribution is -2.49. The Kier molecular flexibility index (Phi) is 3.90. The fourth-order valence-electron chi connectivity index (χ4n) is 1.23.